The predicted molar refractivity (Wildman–Crippen MR) is 87.1 cm³/mol. The molecule has 2 saturated heterocycles. The molecule has 2 N–H and O–H groups in total. The van der Waals surface area contributed by atoms with Crippen LogP contribution in [0.1, 0.15) is 5.56 Å². The molecule has 0 aliphatic carbocycles. The lowest BCUT2D eigenvalue weighted by molar-refractivity contribution is -0.164. The number of primary amides is 1. The number of carbonyl (C=O) groups is 3. The van der Waals surface area contributed by atoms with Gasteiger partial charge in [0.1, 0.15) is 12.6 Å². The van der Waals surface area contributed by atoms with Gasteiger partial charge in [-0.05, 0) is 5.56 Å². The van der Waals surface area contributed by atoms with E-state index in [1.807, 2.05) is 30.3 Å². The number of morpholine rings is 2. The highest BCUT2D eigenvalue weighted by molar-refractivity contribution is 5.90. The molecule has 25 heavy (non-hydrogen) atoms. The molecule has 0 saturated carbocycles. The van der Waals surface area contributed by atoms with Crippen LogP contribution in [0.4, 0.5) is 0 Å². The fraction of sp³-hybridized carbons (Fsp3) is 0.471. The minimum atomic E-state index is -0.819. The van der Waals surface area contributed by atoms with Crippen molar-refractivity contribution in [2.75, 3.05) is 32.9 Å². The largest absolute Gasteiger partial charge is 0.369 e. The molecule has 0 unspecified atom stereocenters. The van der Waals surface area contributed by atoms with Gasteiger partial charge in [0.05, 0.1) is 19.8 Å². The first-order chi connectivity index (χ1) is 12.1. The Morgan fingerprint density at radius 3 is 2.72 bits per heavy atom. The molecular formula is C17H21N3O5. The molecule has 3 rings (SSSR count). The van der Waals surface area contributed by atoms with E-state index in [1.165, 1.54) is 9.80 Å². The Labute approximate surface area is 145 Å². The molecule has 8 nitrogen and oxygen atoms in total. The second-order valence-corrected chi connectivity index (χ2v) is 6.08. The van der Waals surface area contributed by atoms with E-state index in [0.717, 1.165) is 5.56 Å². The second kappa shape index (κ2) is 7.62. The molecule has 2 aliphatic rings. The molecule has 2 fully saturated rings. The van der Waals surface area contributed by atoms with Gasteiger partial charge in [0, 0.05) is 13.1 Å². The van der Waals surface area contributed by atoms with Crippen LogP contribution in [0.2, 0.25) is 0 Å². The molecular weight excluding hydrogens is 326 g/mol. The highest BCUT2D eigenvalue weighted by Crippen LogP contribution is 2.17. The standard InChI is InChI=1S/C17H21N3O5/c18-16(22)14-9-19(6-7-25-14)17(23)13-10-24-11-15(21)20(13)8-12-4-2-1-3-5-12/h1-5,13-14H,6-11H2,(H2,18,22)/t13-,14-/m1/s1. The van der Waals surface area contributed by atoms with E-state index >= 15 is 0 Å². The Morgan fingerprint density at radius 2 is 2.00 bits per heavy atom. The number of nitrogens with two attached hydrogens (primary N) is 1. The van der Waals surface area contributed by atoms with Gasteiger partial charge in [0.25, 0.3) is 0 Å². The maximum absolute atomic E-state index is 12.9. The average molecular weight is 347 g/mol. The van der Waals surface area contributed by atoms with Crippen molar-refractivity contribution < 1.29 is 23.9 Å². The number of hydrogen-bond donors (Lipinski definition) is 1. The van der Waals surface area contributed by atoms with Crippen LogP contribution < -0.4 is 5.73 Å². The molecule has 1 aromatic rings. The van der Waals surface area contributed by atoms with Gasteiger partial charge >= 0.3 is 0 Å². The quantitative estimate of drug-likeness (QED) is 0.763. The Balaban J connectivity index is 1.74. The summed E-state index contributed by atoms with van der Waals surface area (Å²) in [5.41, 5.74) is 6.21. The molecule has 8 heteroatoms. The third-order valence-electron chi connectivity index (χ3n) is 4.37. The average Bonchev–Trinajstić information content (AvgIpc) is 2.64. The van der Waals surface area contributed by atoms with Crippen molar-refractivity contribution in [1.29, 1.82) is 0 Å². The number of nitrogens with zero attached hydrogens (tertiary/aromatic N) is 2. The van der Waals surface area contributed by atoms with Gasteiger partial charge in [-0.25, -0.2) is 0 Å². The van der Waals surface area contributed by atoms with Crippen LogP contribution in [-0.4, -0.2) is 72.6 Å². The number of hydrogen-bond acceptors (Lipinski definition) is 5. The first-order valence-electron chi connectivity index (χ1n) is 8.17. The van der Waals surface area contributed by atoms with Crippen molar-refractivity contribution in [3.63, 3.8) is 0 Å². The van der Waals surface area contributed by atoms with Gasteiger partial charge in [0.2, 0.25) is 17.7 Å². The van der Waals surface area contributed by atoms with E-state index in [4.69, 9.17) is 15.2 Å². The SMILES string of the molecule is NC(=O)[C@H]1CN(C(=O)[C@H]2COCC(=O)N2Cc2ccccc2)CCO1. The van der Waals surface area contributed by atoms with Crippen LogP contribution in [-0.2, 0) is 30.4 Å². The minimum Gasteiger partial charge on any atom is -0.369 e. The summed E-state index contributed by atoms with van der Waals surface area (Å²) in [5.74, 6) is -1.08. The third-order valence-corrected chi connectivity index (χ3v) is 4.37. The summed E-state index contributed by atoms with van der Waals surface area (Å²) in [6.07, 6.45) is -0.819. The zero-order valence-electron chi connectivity index (χ0n) is 13.8. The second-order valence-electron chi connectivity index (χ2n) is 6.08. The van der Waals surface area contributed by atoms with Gasteiger partial charge in [-0.2, -0.15) is 0 Å². The van der Waals surface area contributed by atoms with Crippen molar-refractivity contribution in [2.45, 2.75) is 18.7 Å². The van der Waals surface area contributed by atoms with Crippen molar-refractivity contribution >= 4 is 17.7 Å². The molecule has 2 aliphatic heterocycles. The predicted octanol–water partition coefficient (Wildman–Crippen LogP) is -0.873. The molecule has 0 spiro atoms. The molecule has 2 atom stereocenters. The van der Waals surface area contributed by atoms with E-state index in [1.54, 1.807) is 0 Å². The number of carbonyl (C=O) groups excluding carboxylic acids is 3. The highest BCUT2D eigenvalue weighted by Gasteiger charge is 2.38. The minimum absolute atomic E-state index is 0.0381. The zero-order valence-corrected chi connectivity index (χ0v) is 13.8. The molecule has 0 bridgehead atoms. The number of amides is 3. The first kappa shape index (κ1) is 17.4. The van der Waals surface area contributed by atoms with Crippen LogP contribution in [0.25, 0.3) is 0 Å². The van der Waals surface area contributed by atoms with Crippen LogP contribution in [0.15, 0.2) is 30.3 Å². The Kier molecular flexibility index (Phi) is 5.30. The van der Waals surface area contributed by atoms with E-state index < -0.39 is 18.1 Å². The summed E-state index contributed by atoms with van der Waals surface area (Å²) in [4.78, 5) is 39.6. The third kappa shape index (κ3) is 3.97. The smallest absolute Gasteiger partial charge is 0.249 e. The van der Waals surface area contributed by atoms with Crippen molar-refractivity contribution in [3.8, 4) is 0 Å². The van der Waals surface area contributed by atoms with Gasteiger partial charge in [-0.1, -0.05) is 30.3 Å². The molecule has 134 valence electrons. The summed E-state index contributed by atoms with van der Waals surface area (Å²) in [5, 5.41) is 0. The lowest BCUT2D eigenvalue weighted by Gasteiger charge is -2.39. The molecule has 2 heterocycles. The summed E-state index contributed by atoms with van der Waals surface area (Å²) in [6.45, 7) is 1.12. The van der Waals surface area contributed by atoms with Crippen LogP contribution in [0.3, 0.4) is 0 Å². The van der Waals surface area contributed by atoms with Gasteiger partial charge in [-0.3, -0.25) is 14.4 Å². The topological polar surface area (TPSA) is 102 Å². The van der Waals surface area contributed by atoms with Gasteiger partial charge in [-0.15, -0.1) is 0 Å². The Morgan fingerprint density at radius 1 is 1.24 bits per heavy atom. The summed E-state index contributed by atoms with van der Waals surface area (Å²) in [6, 6.07) is 8.76. The maximum Gasteiger partial charge on any atom is 0.249 e. The van der Waals surface area contributed by atoms with E-state index in [-0.39, 0.29) is 38.2 Å². The Bertz CT molecular complexity index is 651. The lowest BCUT2D eigenvalue weighted by atomic mass is 10.1. The van der Waals surface area contributed by atoms with Crippen molar-refractivity contribution in [2.24, 2.45) is 5.73 Å². The number of rotatable bonds is 4. The van der Waals surface area contributed by atoms with E-state index in [2.05, 4.69) is 0 Å². The summed E-state index contributed by atoms with van der Waals surface area (Å²) in [7, 11) is 0. The molecule has 0 aromatic heterocycles. The maximum atomic E-state index is 12.9. The summed E-state index contributed by atoms with van der Waals surface area (Å²) >= 11 is 0. The summed E-state index contributed by atoms with van der Waals surface area (Å²) < 4.78 is 10.6. The fourth-order valence-electron chi connectivity index (χ4n) is 3.02. The number of benzene rings is 1. The molecule has 1 aromatic carbocycles. The van der Waals surface area contributed by atoms with Crippen LogP contribution >= 0.6 is 0 Å². The fourth-order valence-corrected chi connectivity index (χ4v) is 3.02. The highest BCUT2D eigenvalue weighted by atomic mass is 16.5. The van der Waals surface area contributed by atoms with Gasteiger partial charge < -0.3 is 25.0 Å². The zero-order chi connectivity index (χ0) is 17.8. The van der Waals surface area contributed by atoms with Crippen molar-refractivity contribution in [3.05, 3.63) is 35.9 Å². The van der Waals surface area contributed by atoms with Gasteiger partial charge in [0.15, 0.2) is 6.10 Å². The number of ether oxygens (including phenoxy) is 2. The van der Waals surface area contributed by atoms with Crippen LogP contribution in [0.5, 0.6) is 0 Å². The monoisotopic (exact) mass is 347 g/mol. The van der Waals surface area contributed by atoms with Crippen molar-refractivity contribution in [1.82, 2.24) is 9.80 Å². The lowest BCUT2D eigenvalue weighted by Crippen LogP contribution is -2.60. The Hall–Kier alpha value is -2.45. The normalized spacial score (nSPS) is 24.2. The van der Waals surface area contributed by atoms with E-state index in [9.17, 15) is 14.4 Å². The van der Waals surface area contributed by atoms with Crippen LogP contribution in [0, 0.1) is 0 Å². The van der Waals surface area contributed by atoms with E-state index in [0.29, 0.717) is 13.1 Å². The molecule has 3 amide bonds. The first-order valence-corrected chi connectivity index (χ1v) is 8.17. The molecule has 0 radical (unpaired) electrons.